The van der Waals surface area contributed by atoms with Crippen LogP contribution in [0.4, 0.5) is 5.69 Å². The number of hydrogen-bond donors (Lipinski definition) is 2. The van der Waals surface area contributed by atoms with Gasteiger partial charge < -0.3 is 10.4 Å². The number of anilines is 1. The van der Waals surface area contributed by atoms with Crippen molar-refractivity contribution in [1.29, 1.82) is 0 Å². The van der Waals surface area contributed by atoms with Crippen LogP contribution in [-0.4, -0.2) is 11.0 Å². The Balaban J connectivity index is 2.32. The number of phenols is 1. The summed E-state index contributed by atoms with van der Waals surface area (Å²) in [6.07, 6.45) is 0. The van der Waals surface area contributed by atoms with Gasteiger partial charge in [-0.25, -0.2) is 0 Å². The first-order chi connectivity index (χ1) is 8.15. The average Bonchev–Trinajstić information content (AvgIpc) is 2.29. The highest BCUT2D eigenvalue weighted by Gasteiger charge is 2.00. The first kappa shape index (κ1) is 11.2. The lowest BCUT2D eigenvalue weighted by molar-refractivity contribution is -0.114. The zero-order valence-corrected chi connectivity index (χ0v) is 9.47. The SMILES string of the molecule is CC(=O)Nc1cccc(-c2ccc(O)cc2)c1. The zero-order chi connectivity index (χ0) is 12.3. The van der Waals surface area contributed by atoms with Crippen LogP contribution in [0.2, 0.25) is 0 Å². The van der Waals surface area contributed by atoms with Gasteiger partial charge in [0.1, 0.15) is 5.75 Å². The average molecular weight is 227 g/mol. The van der Waals surface area contributed by atoms with Crippen molar-refractivity contribution in [3.8, 4) is 16.9 Å². The van der Waals surface area contributed by atoms with Gasteiger partial charge in [0.15, 0.2) is 0 Å². The van der Waals surface area contributed by atoms with E-state index in [0.29, 0.717) is 0 Å². The highest BCUT2D eigenvalue weighted by atomic mass is 16.3. The summed E-state index contributed by atoms with van der Waals surface area (Å²) < 4.78 is 0. The summed E-state index contributed by atoms with van der Waals surface area (Å²) in [5.41, 5.74) is 2.76. The molecule has 0 unspecified atom stereocenters. The lowest BCUT2D eigenvalue weighted by Crippen LogP contribution is -2.05. The number of benzene rings is 2. The van der Waals surface area contributed by atoms with Crippen LogP contribution in [0.15, 0.2) is 48.5 Å². The van der Waals surface area contributed by atoms with E-state index in [2.05, 4.69) is 5.32 Å². The molecule has 2 N–H and O–H groups in total. The van der Waals surface area contributed by atoms with Gasteiger partial charge in [-0.05, 0) is 35.4 Å². The third kappa shape index (κ3) is 2.84. The van der Waals surface area contributed by atoms with Crippen molar-refractivity contribution in [3.05, 3.63) is 48.5 Å². The van der Waals surface area contributed by atoms with Crippen LogP contribution >= 0.6 is 0 Å². The van der Waals surface area contributed by atoms with Gasteiger partial charge in [0.25, 0.3) is 0 Å². The summed E-state index contributed by atoms with van der Waals surface area (Å²) in [6.45, 7) is 1.48. The number of carbonyl (C=O) groups is 1. The molecule has 1 amide bonds. The van der Waals surface area contributed by atoms with Crippen molar-refractivity contribution in [3.63, 3.8) is 0 Å². The maximum absolute atomic E-state index is 11.0. The van der Waals surface area contributed by atoms with Gasteiger partial charge in [0.2, 0.25) is 5.91 Å². The van der Waals surface area contributed by atoms with Gasteiger partial charge in [-0.1, -0.05) is 24.3 Å². The molecule has 86 valence electrons. The fourth-order valence-electron chi connectivity index (χ4n) is 1.63. The molecule has 0 saturated heterocycles. The number of phenolic OH excluding ortho intramolecular Hbond substituents is 1. The lowest BCUT2D eigenvalue weighted by Gasteiger charge is -2.06. The summed E-state index contributed by atoms with van der Waals surface area (Å²) in [5, 5.41) is 12.0. The minimum atomic E-state index is -0.0899. The maximum Gasteiger partial charge on any atom is 0.221 e. The van der Waals surface area contributed by atoms with Crippen molar-refractivity contribution >= 4 is 11.6 Å². The molecular weight excluding hydrogens is 214 g/mol. The molecule has 0 aliphatic heterocycles. The highest BCUT2D eigenvalue weighted by molar-refractivity contribution is 5.89. The first-order valence-electron chi connectivity index (χ1n) is 5.32. The Labute approximate surface area is 99.7 Å². The normalized spacial score (nSPS) is 9.94. The van der Waals surface area contributed by atoms with Gasteiger partial charge in [-0.15, -0.1) is 0 Å². The minimum Gasteiger partial charge on any atom is -0.508 e. The van der Waals surface area contributed by atoms with Gasteiger partial charge in [0, 0.05) is 12.6 Å². The van der Waals surface area contributed by atoms with Crippen molar-refractivity contribution in [2.75, 3.05) is 5.32 Å². The lowest BCUT2D eigenvalue weighted by atomic mass is 10.1. The molecule has 17 heavy (non-hydrogen) atoms. The summed E-state index contributed by atoms with van der Waals surface area (Å²) >= 11 is 0. The Morgan fingerprint density at radius 2 is 1.76 bits per heavy atom. The molecule has 0 fully saturated rings. The molecule has 3 heteroatoms. The number of rotatable bonds is 2. The Morgan fingerprint density at radius 3 is 2.41 bits per heavy atom. The quantitative estimate of drug-likeness (QED) is 0.828. The van der Waals surface area contributed by atoms with E-state index >= 15 is 0 Å². The van der Waals surface area contributed by atoms with Gasteiger partial charge >= 0.3 is 0 Å². The summed E-state index contributed by atoms with van der Waals surface area (Å²) in [5.74, 6) is 0.152. The highest BCUT2D eigenvalue weighted by Crippen LogP contribution is 2.24. The number of nitrogens with one attached hydrogen (secondary N) is 1. The molecule has 2 rings (SSSR count). The number of hydrogen-bond acceptors (Lipinski definition) is 2. The predicted octanol–water partition coefficient (Wildman–Crippen LogP) is 3.02. The second-order valence-corrected chi connectivity index (χ2v) is 3.81. The van der Waals surface area contributed by atoms with E-state index in [1.165, 1.54) is 6.92 Å². The molecule has 2 aromatic carbocycles. The molecule has 0 spiro atoms. The van der Waals surface area contributed by atoms with Crippen LogP contribution in [0.1, 0.15) is 6.92 Å². The van der Waals surface area contributed by atoms with E-state index in [0.717, 1.165) is 16.8 Å². The number of aromatic hydroxyl groups is 1. The summed E-state index contributed by atoms with van der Waals surface area (Å²) in [4.78, 5) is 11.0. The van der Waals surface area contributed by atoms with Crippen molar-refractivity contribution in [1.82, 2.24) is 0 Å². The van der Waals surface area contributed by atoms with Crippen LogP contribution in [0, 0.1) is 0 Å². The fraction of sp³-hybridized carbons (Fsp3) is 0.0714. The number of carbonyl (C=O) groups excluding carboxylic acids is 1. The molecule has 0 aliphatic rings. The Kier molecular flexibility index (Phi) is 3.10. The molecular formula is C14H13NO2. The van der Waals surface area contributed by atoms with Gasteiger partial charge in [0.05, 0.1) is 0 Å². The van der Waals surface area contributed by atoms with E-state index in [4.69, 9.17) is 0 Å². The van der Waals surface area contributed by atoms with Crippen molar-refractivity contribution < 1.29 is 9.90 Å². The standard InChI is InChI=1S/C14H13NO2/c1-10(16)15-13-4-2-3-12(9-13)11-5-7-14(17)8-6-11/h2-9,17H,1H3,(H,15,16). The van der Waals surface area contributed by atoms with Crippen LogP contribution in [-0.2, 0) is 4.79 Å². The predicted molar refractivity (Wildman–Crippen MR) is 67.8 cm³/mol. The van der Waals surface area contributed by atoms with E-state index in [9.17, 15) is 9.90 Å². The van der Waals surface area contributed by atoms with Crippen LogP contribution in [0.25, 0.3) is 11.1 Å². The minimum absolute atomic E-state index is 0.0899. The van der Waals surface area contributed by atoms with Crippen molar-refractivity contribution in [2.24, 2.45) is 0 Å². The molecule has 3 nitrogen and oxygen atoms in total. The maximum atomic E-state index is 11.0. The first-order valence-corrected chi connectivity index (χ1v) is 5.32. The Bertz CT molecular complexity index is 532. The second kappa shape index (κ2) is 4.70. The van der Waals surface area contributed by atoms with Crippen LogP contribution in [0.3, 0.4) is 0 Å². The van der Waals surface area contributed by atoms with Gasteiger partial charge in [-0.2, -0.15) is 0 Å². The molecule has 0 bridgehead atoms. The van der Waals surface area contributed by atoms with E-state index < -0.39 is 0 Å². The van der Waals surface area contributed by atoms with E-state index in [1.54, 1.807) is 12.1 Å². The molecule has 0 radical (unpaired) electrons. The van der Waals surface area contributed by atoms with Gasteiger partial charge in [-0.3, -0.25) is 4.79 Å². The third-order valence-electron chi connectivity index (χ3n) is 2.38. The summed E-state index contributed by atoms with van der Waals surface area (Å²) in [7, 11) is 0. The third-order valence-corrected chi connectivity index (χ3v) is 2.38. The van der Waals surface area contributed by atoms with Crippen molar-refractivity contribution in [2.45, 2.75) is 6.92 Å². The second-order valence-electron chi connectivity index (χ2n) is 3.81. The van der Waals surface area contributed by atoms with E-state index in [-0.39, 0.29) is 11.7 Å². The monoisotopic (exact) mass is 227 g/mol. The van der Waals surface area contributed by atoms with Crippen LogP contribution in [0.5, 0.6) is 5.75 Å². The van der Waals surface area contributed by atoms with E-state index in [1.807, 2.05) is 36.4 Å². The Morgan fingerprint density at radius 1 is 1.06 bits per heavy atom. The molecule has 2 aromatic rings. The molecule has 0 saturated carbocycles. The Hall–Kier alpha value is -2.29. The zero-order valence-electron chi connectivity index (χ0n) is 9.47. The summed E-state index contributed by atoms with van der Waals surface area (Å²) in [6, 6.07) is 14.5. The topological polar surface area (TPSA) is 49.3 Å². The fourth-order valence-corrected chi connectivity index (χ4v) is 1.63. The van der Waals surface area contributed by atoms with Crippen LogP contribution < -0.4 is 5.32 Å². The largest absolute Gasteiger partial charge is 0.508 e. The smallest absolute Gasteiger partial charge is 0.221 e. The molecule has 0 aromatic heterocycles. The molecule has 0 atom stereocenters. The molecule has 0 aliphatic carbocycles. The molecule has 0 heterocycles. The number of amides is 1.